The van der Waals surface area contributed by atoms with Gasteiger partial charge in [-0.2, -0.15) is 0 Å². The summed E-state index contributed by atoms with van der Waals surface area (Å²) in [6.07, 6.45) is 1.68. The molecule has 0 fully saturated rings. The van der Waals surface area contributed by atoms with Crippen LogP contribution in [0.25, 0.3) is 0 Å². The lowest BCUT2D eigenvalue weighted by Gasteiger charge is -2.11. The number of aryl methyl sites for hydroxylation is 1. The molecule has 0 aliphatic heterocycles. The zero-order valence-electron chi connectivity index (χ0n) is 11.3. The molecule has 102 valence electrons. The van der Waals surface area contributed by atoms with Crippen LogP contribution in [-0.4, -0.2) is 5.91 Å². The molecule has 2 aromatic carbocycles. The highest BCUT2D eigenvalue weighted by molar-refractivity contribution is 9.10. The third-order valence-electron chi connectivity index (χ3n) is 3.86. The first-order valence-corrected chi connectivity index (χ1v) is 7.56. The van der Waals surface area contributed by atoms with E-state index >= 15 is 0 Å². The van der Waals surface area contributed by atoms with Gasteiger partial charge in [-0.05, 0) is 48.6 Å². The number of fused-ring (bicyclic) bond motifs is 1. The van der Waals surface area contributed by atoms with Crippen molar-refractivity contribution in [2.45, 2.75) is 19.8 Å². The van der Waals surface area contributed by atoms with Gasteiger partial charge in [0.25, 0.3) is 0 Å². The van der Waals surface area contributed by atoms with Crippen molar-refractivity contribution < 1.29 is 4.79 Å². The van der Waals surface area contributed by atoms with Gasteiger partial charge in [-0.15, -0.1) is 0 Å². The Morgan fingerprint density at radius 2 is 1.80 bits per heavy atom. The van der Waals surface area contributed by atoms with Gasteiger partial charge in [-0.1, -0.05) is 46.3 Å². The van der Waals surface area contributed by atoms with Crippen LogP contribution in [0.1, 0.15) is 16.7 Å². The highest BCUT2D eigenvalue weighted by Crippen LogP contribution is 2.28. The fourth-order valence-corrected chi connectivity index (χ4v) is 3.04. The summed E-state index contributed by atoms with van der Waals surface area (Å²) < 4.78 is 1.02. The van der Waals surface area contributed by atoms with Crippen molar-refractivity contribution in [3.63, 3.8) is 0 Å². The Morgan fingerprint density at radius 3 is 2.40 bits per heavy atom. The second-order valence-corrected chi connectivity index (χ2v) is 6.18. The number of amides is 1. The van der Waals surface area contributed by atoms with E-state index in [2.05, 4.69) is 33.4 Å². The van der Waals surface area contributed by atoms with Gasteiger partial charge in [-0.25, -0.2) is 0 Å². The highest BCUT2D eigenvalue weighted by Gasteiger charge is 2.26. The topological polar surface area (TPSA) is 29.1 Å². The van der Waals surface area contributed by atoms with E-state index in [4.69, 9.17) is 0 Å². The Bertz CT molecular complexity index is 641. The molecule has 2 aromatic rings. The van der Waals surface area contributed by atoms with E-state index in [0.29, 0.717) is 0 Å². The summed E-state index contributed by atoms with van der Waals surface area (Å²) in [6, 6.07) is 14.2. The lowest BCUT2D eigenvalue weighted by atomic mass is 10.1. The van der Waals surface area contributed by atoms with Gasteiger partial charge >= 0.3 is 0 Å². The molecule has 0 bridgehead atoms. The van der Waals surface area contributed by atoms with E-state index in [0.717, 1.165) is 28.6 Å². The zero-order chi connectivity index (χ0) is 14.1. The second kappa shape index (κ2) is 5.41. The molecule has 0 aromatic heterocycles. The molecular formula is C17H16BrNO. The first-order chi connectivity index (χ1) is 9.63. The molecule has 0 spiro atoms. The van der Waals surface area contributed by atoms with Gasteiger partial charge in [0.05, 0.1) is 0 Å². The van der Waals surface area contributed by atoms with E-state index in [1.807, 2.05) is 37.3 Å². The van der Waals surface area contributed by atoms with E-state index in [1.165, 1.54) is 11.1 Å². The normalized spacial score (nSPS) is 14.1. The molecule has 1 aliphatic carbocycles. The zero-order valence-corrected chi connectivity index (χ0v) is 12.9. The Morgan fingerprint density at radius 1 is 1.15 bits per heavy atom. The summed E-state index contributed by atoms with van der Waals surface area (Å²) >= 11 is 3.49. The van der Waals surface area contributed by atoms with E-state index in [9.17, 15) is 4.79 Å². The molecule has 0 saturated carbocycles. The van der Waals surface area contributed by atoms with Crippen molar-refractivity contribution in [3.8, 4) is 0 Å². The van der Waals surface area contributed by atoms with Gasteiger partial charge in [0.15, 0.2) is 0 Å². The number of hydrogen-bond donors (Lipinski definition) is 1. The summed E-state index contributed by atoms with van der Waals surface area (Å²) in [5.74, 6) is 0.157. The summed E-state index contributed by atoms with van der Waals surface area (Å²) in [4.78, 5) is 12.4. The molecule has 20 heavy (non-hydrogen) atoms. The molecule has 0 saturated heterocycles. The van der Waals surface area contributed by atoms with Crippen LogP contribution >= 0.6 is 15.9 Å². The fourth-order valence-electron chi connectivity index (χ4n) is 2.66. The first kappa shape index (κ1) is 13.4. The van der Waals surface area contributed by atoms with Gasteiger partial charge in [0, 0.05) is 16.1 Å². The van der Waals surface area contributed by atoms with Crippen molar-refractivity contribution in [1.82, 2.24) is 0 Å². The predicted molar refractivity (Wildman–Crippen MR) is 84.8 cm³/mol. The number of benzene rings is 2. The van der Waals surface area contributed by atoms with Crippen LogP contribution in [0.5, 0.6) is 0 Å². The average Bonchev–Trinajstić information content (AvgIpc) is 2.87. The maximum Gasteiger partial charge on any atom is 0.228 e. The predicted octanol–water partition coefficient (Wildman–Crippen LogP) is 4.11. The summed E-state index contributed by atoms with van der Waals surface area (Å²) in [5.41, 5.74) is 4.62. The number of anilines is 1. The van der Waals surface area contributed by atoms with E-state index in [1.54, 1.807) is 0 Å². The second-order valence-electron chi connectivity index (χ2n) is 5.33. The maximum absolute atomic E-state index is 12.4. The minimum absolute atomic E-state index is 0.0486. The van der Waals surface area contributed by atoms with Crippen LogP contribution in [0.3, 0.4) is 0 Å². The number of hydrogen-bond acceptors (Lipinski definition) is 1. The van der Waals surface area contributed by atoms with E-state index in [-0.39, 0.29) is 11.8 Å². The Balaban J connectivity index is 1.71. The molecule has 1 N–H and O–H groups in total. The van der Waals surface area contributed by atoms with Crippen molar-refractivity contribution in [2.24, 2.45) is 5.92 Å². The molecule has 0 radical (unpaired) electrons. The van der Waals surface area contributed by atoms with Crippen LogP contribution in [0.15, 0.2) is 46.9 Å². The molecule has 1 amide bonds. The number of halogens is 1. The highest BCUT2D eigenvalue weighted by atomic mass is 79.9. The minimum Gasteiger partial charge on any atom is -0.326 e. The maximum atomic E-state index is 12.4. The summed E-state index contributed by atoms with van der Waals surface area (Å²) in [5, 5.41) is 3.02. The standard InChI is InChI=1S/C17H16BrNO/c1-11-6-7-15(10-16(11)18)19-17(20)14-8-12-4-2-3-5-13(12)9-14/h2-7,10,14H,8-9H2,1H3,(H,19,20). The monoisotopic (exact) mass is 329 g/mol. The van der Waals surface area contributed by atoms with Crippen molar-refractivity contribution in [2.75, 3.05) is 5.32 Å². The van der Waals surface area contributed by atoms with Gasteiger partial charge < -0.3 is 5.32 Å². The average molecular weight is 330 g/mol. The first-order valence-electron chi connectivity index (χ1n) is 6.77. The summed E-state index contributed by atoms with van der Waals surface area (Å²) in [6.45, 7) is 2.03. The number of nitrogens with one attached hydrogen (secondary N) is 1. The minimum atomic E-state index is 0.0486. The molecule has 0 unspecified atom stereocenters. The molecule has 3 rings (SSSR count). The molecule has 0 heterocycles. The molecule has 0 atom stereocenters. The fraction of sp³-hybridized carbons (Fsp3) is 0.235. The largest absolute Gasteiger partial charge is 0.326 e. The smallest absolute Gasteiger partial charge is 0.228 e. The van der Waals surface area contributed by atoms with Crippen LogP contribution < -0.4 is 5.32 Å². The SMILES string of the molecule is Cc1ccc(NC(=O)C2Cc3ccccc3C2)cc1Br. The number of carbonyl (C=O) groups is 1. The van der Waals surface area contributed by atoms with Crippen LogP contribution in [0, 0.1) is 12.8 Å². The van der Waals surface area contributed by atoms with Crippen LogP contribution in [0.2, 0.25) is 0 Å². The van der Waals surface area contributed by atoms with Crippen molar-refractivity contribution in [3.05, 3.63) is 63.6 Å². The van der Waals surface area contributed by atoms with Crippen LogP contribution in [-0.2, 0) is 17.6 Å². The molecule has 1 aliphatic rings. The third-order valence-corrected chi connectivity index (χ3v) is 4.72. The molecular weight excluding hydrogens is 314 g/mol. The number of rotatable bonds is 2. The quantitative estimate of drug-likeness (QED) is 0.882. The lowest BCUT2D eigenvalue weighted by molar-refractivity contribution is -0.119. The Hall–Kier alpha value is -1.61. The summed E-state index contributed by atoms with van der Waals surface area (Å²) in [7, 11) is 0. The third kappa shape index (κ3) is 2.63. The van der Waals surface area contributed by atoms with E-state index < -0.39 is 0 Å². The molecule has 3 heteroatoms. The van der Waals surface area contributed by atoms with Crippen LogP contribution in [0.4, 0.5) is 5.69 Å². The van der Waals surface area contributed by atoms with Crippen molar-refractivity contribution in [1.29, 1.82) is 0 Å². The Labute approximate surface area is 127 Å². The lowest BCUT2D eigenvalue weighted by Crippen LogP contribution is -2.23. The number of carbonyl (C=O) groups excluding carboxylic acids is 1. The molecule has 2 nitrogen and oxygen atoms in total. The van der Waals surface area contributed by atoms with Gasteiger partial charge in [-0.3, -0.25) is 4.79 Å². The van der Waals surface area contributed by atoms with Gasteiger partial charge in [0.2, 0.25) is 5.91 Å². The van der Waals surface area contributed by atoms with Gasteiger partial charge in [0.1, 0.15) is 0 Å². The Kier molecular flexibility index (Phi) is 3.62. The van der Waals surface area contributed by atoms with Crippen molar-refractivity contribution >= 4 is 27.5 Å².